The Hall–Kier alpha value is -0.830. The molecular formula is C18H34O3. The highest BCUT2D eigenvalue weighted by molar-refractivity contribution is 5.66. The molecule has 0 aliphatic rings. The fraction of sp³-hybridized carbons (Fsp3) is 0.833. The van der Waals surface area contributed by atoms with Crippen molar-refractivity contribution in [3.8, 4) is 0 Å². The zero-order valence-electron chi connectivity index (χ0n) is 13.7. The molecule has 2 N–H and O–H groups in total. The number of hydrogen-bond acceptors (Lipinski definition) is 2. The Morgan fingerprint density at radius 3 is 2.29 bits per heavy atom. The van der Waals surface area contributed by atoms with Crippen LogP contribution >= 0.6 is 0 Å². The fourth-order valence-electron chi connectivity index (χ4n) is 2.37. The number of carboxylic acids is 1. The summed E-state index contributed by atoms with van der Waals surface area (Å²) in [5.74, 6) is -0.692. The molecule has 0 fully saturated rings. The number of aliphatic carboxylic acids is 1. The van der Waals surface area contributed by atoms with Crippen molar-refractivity contribution >= 4 is 5.97 Å². The van der Waals surface area contributed by atoms with Crippen LogP contribution in [0.2, 0.25) is 0 Å². The number of unbranched alkanes of at least 4 members (excludes halogenated alkanes) is 7. The van der Waals surface area contributed by atoms with Gasteiger partial charge in [-0.2, -0.15) is 0 Å². The average molecular weight is 298 g/mol. The fourth-order valence-corrected chi connectivity index (χ4v) is 2.37. The minimum absolute atomic E-state index is 0.137. The van der Waals surface area contributed by atoms with Gasteiger partial charge >= 0.3 is 5.97 Å². The monoisotopic (exact) mass is 298 g/mol. The minimum atomic E-state index is -0.692. The first kappa shape index (κ1) is 20.2. The number of carbonyl (C=O) groups is 1. The predicted molar refractivity (Wildman–Crippen MR) is 88.5 cm³/mol. The van der Waals surface area contributed by atoms with E-state index in [9.17, 15) is 9.90 Å². The van der Waals surface area contributed by atoms with E-state index in [4.69, 9.17) is 5.11 Å². The second-order valence-electron chi connectivity index (χ2n) is 5.90. The molecule has 0 aromatic rings. The zero-order chi connectivity index (χ0) is 15.8. The summed E-state index contributed by atoms with van der Waals surface area (Å²) in [6, 6.07) is 0. The Labute approximate surface area is 130 Å². The van der Waals surface area contributed by atoms with Crippen LogP contribution in [0.3, 0.4) is 0 Å². The molecule has 0 radical (unpaired) electrons. The van der Waals surface area contributed by atoms with Crippen LogP contribution in [0.1, 0.15) is 90.4 Å². The van der Waals surface area contributed by atoms with Gasteiger partial charge in [-0.05, 0) is 38.5 Å². The maximum atomic E-state index is 10.3. The quantitative estimate of drug-likeness (QED) is 0.327. The lowest BCUT2D eigenvalue weighted by molar-refractivity contribution is -0.137. The largest absolute Gasteiger partial charge is 0.481 e. The highest BCUT2D eigenvalue weighted by Gasteiger charge is 2.01. The van der Waals surface area contributed by atoms with Gasteiger partial charge < -0.3 is 10.2 Å². The molecule has 21 heavy (non-hydrogen) atoms. The maximum absolute atomic E-state index is 10.3. The van der Waals surface area contributed by atoms with Crippen molar-refractivity contribution in [2.24, 2.45) is 0 Å². The third kappa shape index (κ3) is 17.1. The molecule has 3 nitrogen and oxygen atoms in total. The van der Waals surface area contributed by atoms with Crippen LogP contribution < -0.4 is 0 Å². The molecular weight excluding hydrogens is 264 g/mol. The lowest BCUT2D eigenvalue weighted by Crippen LogP contribution is -2.05. The van der Waals surface area contributed by atoms with Gasteiger partial charge in [0.15, 0.2) is 0 Å². The van der Waals surface area contributed by atoms with Crippen LogP contribution in [0, 0.1) is 0 Å². The van der Waals surface area contributed by atoms with Crippen LogP contribution in [-0.2, 0) is 4.79 Å². The Kier molecular flexibility index (Phi) is 14.9. The summed E-state index contributed by atoms with van der Waals surface area (Å²) in [6.45, 7) is 2.20. The molecule has 0 heterocycles. The van der Waals surface area contributed by atoms with E-state index in [0.717, 1.165) is 57.8 Å². The van der Waals surface area contributed by atoms with Crippen LogP contribution in [-0.4, -0.2) is 22.3 Å². The third-order valence-electron chi connectivity index (χ3n) is 3.74. The number of allylic oxidation sites excluding steroid dienone is 2. The molecule has 0 amide bonds. The number of hydrogen-bond donors (Lipinski definition) is 2. The number of aliphatic hydroxyl groups is 1. The van der Waals surface area contributed by atoms with Crippen molar-refractivity contribution < 1.29 is 15.0 Å². The Morgan fingerprint density at radius 2 is 1.57 bits per heavy atom. The van der Waals surface area contributed by atoms with Gasteiger partial charge in [-0.1, -0.05) is 57.6 Å². The van der Waals surface area contributed by atoms with Gasteiger partial charge in [0, 0.05) is 6.42 Å². The number of rotatable bonds is 15. The van der Waals surface area contributed by atoms with Gasteiger partial charge in [0.05, 0.1) is 6.10 Å². The Bertz CT molecular complexity index is 261. The average Bonchev–Trinajstić information content (AvgIpc) is 2.45. The van der Waals surface area contributed by atoms with E-state index in [2.05, 4.69) is 19.1 Å². The molecule has 0 saturated carbocycles. The molecule has 1 unspecified atom stereocenters. The van der Waals surface area contributed by atoms with Crippen molar-refractivity contribution in [3.63, 3.8) is 0 Å². The van der Waals surface area contributed by atoms with Gasteiger partial charge in [0.25, 0.3) is 0 Å². The van der Waals surface area contributed by atoms with Crippen molar-refractivity contribution in [1.29, 1.82) is 0 Å². The minimum Gasteiger partial charge on any atom is -0.481 e. The molecule has 0 aliphatic carbocycles. The smallest absolute Gasteiger partial charge is 0.303 e. The first-order valence-electron chi connectivity index (χ1n) is 8.71. The van der Waals surface area contributed by atoms with Crippen LogP contribution in [0.4, 0.5) is 0 Å². The van der Waals surface area contributed by atoms with Crippen molar-refractivity contribution in [3.05, 3.63) is 12.2 Å². The summed E-state index contributed by atoms with van der Waals surface area (Å²) in [6.07, 6.45) is 17.3. The van der Waals surface area contributed by atoms with E-state index in [1.54, 1.807) is 0 Å². The summed E-state index contributed by atoms with van der Waals surface area (Å²) >= 11 is 0. The summed E-state index contributed by atoms with van der Waals surface area (Å²) in [7, 11) is 0. The SMILES string of the molecule is CCCCCCC(O)CC/C=C\CCCCCCC(=O)O. The topological polar surface area (TPSA) is 57.5 Å². The summed E-state index contributed by atoms with van der Waals surface area (Å²) in [5.41, 5.74) is 0. The number of aliphatic hydroxyl groups excluding tert-OH is 1. The molecule has 124 valence electrons. The van der Waals surface area contributed by atoms with Gasteiger partial charge in [-0.3, -0.25) is 4.79 Å². The molecule has 1 atom stereocenters. The number of carboxylic acid groups (broad SMARTS) is 1. The second-order valence-corrected chi connectivity index (χ2v) is 5.90. The molecule has 0 rings (SSSR count). The summed E-state index contributed by atoms with van der Waals surface area (Å²) in [5, 5.41) is 18.3. The van der Waals surface area contributed by atoms with Crippen LogP contribution in [0.25, 0.3) is 0 Å². The predicted octanol–water partition coefficient (Wildman–Crippen LogP) is 5.08. The highest BCUT2D eigenvalue weighted by Crippen LogP contribution is 2.10. The van der Waals surface area contributed by atoms with Gasteiger partial charge in [-0.15, -0.1) is 0 Å². The van der Waals surface area contributed by atoms with E-state index < -0.39 is 5.97 Å². The molecule has 0 aliphatic heterocycles. The van der Waals surface area contributed by atoms with Gasteiger partial charge in [-0.25, -0.2) is 0 Å². The van der Waals surface area contributed by atoms with E-state index in [1.807, 2.05) is 0 Å². The standard InChI is InChI=1S/C18H34O3/c1-2-3-4-11-14-17(19)15-12-9-7-5-6-8-10-13-16-18(20)21/h7,9,17,19H,2-6,8,10-16H2,1H3,(H,20,21)/b9-7-. The molecule has 0 aromatic carbocycles. The van der Waals surface area contributed by atoms with E-state index >= 15 is 0 Å². The van der Waals surface area contributed by atoms with E-state index in [1.165, 1.54) is 19.3 Å². The molecule has 0 spiro atoms. The molecule has 3 heteroatoms. The lowest BCUT2D eigenvalue weighted by atomic mass is 10.1. The van der Waals surface area contributed by atoms with E-state index in [-0.39, 0.29) is 6.10 Å². The zero-order valence-corrected chi connectivity index (χ0v) is 13.7. The van der Waals surface area contributed by atoms with E-state index in [0.29, 0.717) is 6.42 Å². The lowest BCUT2D eigenvalue weighted by Gasteiger charge is -2.08. The first-order valence-corrected chi connectivity index (χ1v) is 8.71. The highest BCUT2D eigenvalue weighted by atomic mass is 16.4. The normalized spacial score (nSPS) is 12.9. The summed E-state index contributed by atoms with van der Waals surface area (Å²) < 4.78 is 0. The maximum Gasteiger partial charge on any atom is 0.303 e. The first-order chi connectivity index (χ1) is 10.2. The summed E-state index contributed by atoms with van der Waals surface area (Å²) in [4.78, 5) is 10.3. The van der Waals surface area contributed by atoms with Crippen molar-refractivity contribution in [2.75, 3.05) is 0 Å². The van der Waals surface area contributed by atoms with Crippen LogP contribution in [0.15, 0.2) is 12.2 Å². The second kappa shape index (κ2) is 15.6. The van der Waals surface area contributed by atoms with Crippen LogP contribution in [0.5, 0.6) is 0 Å². The molecule has 0 bridgehead atoms. The Morgan fingerprint density at radius 1 is 0.905 bits per heavy atom. The Balaban J connectivity index is 3.26. The van der Waals surface area contributed by atoms with Crippen molar-refractivity contribution in [1.82, 2.24) is 0 Å². The van der Waals surface area contributed by atoms with Crippen molar-refractivity contribution in [2.45, 2.75) is 96.5 Å². The third-order valence-corrected chi connectivity index (χ3v) is 3.74. The molecule has 0 saturated heterocycles. The molecule has 0 aromatic heterocycles. The van der Waals surface area contributed by atoms with Gasteiger partial charge in [0.1, 0.15) is 0 Å². The van der Waals surface area contributed by atoms with Gasteiger partial charge in [0.2, 0.25) is 0 Å².